The molecule has 36 heavy (non-hydrogen) atoms. The van der Waals surface area contributed by atoms with Crippen LogP contribution < -0.4 is 10.2 Å². The van der Waals surface area contributed by atoms with Gasteiger partial charge in [-0.25, -0.2) is 14.8 Å². The Morgan fingerprint density at radius 1 is 1.33 bits per heavy atom. The van der Waals surface area contributed by atoms with E-state index in [9.17, 15) is 19.6 Å². The number of rotatable bonds is 8. The number of aldehydes is 1. The Bertz CT molecular complexity index is 1210. The van der Waals surface area contributed by atoms with E-state index in [-0.39, 0.29) is 17.5 Å². The summed E-state index contributed by atoms with van der Waals surface area (Å²) in [5.74, 6) is 0.861. The number of fused-ring (bicyclic) bond motifs is 1. The van der Waals surface area contributed by atoms with Crippen molar-refractivity contribution in [2.75, 3.05) is 37.0 Å². The molecule has 2 aliphatic rings. The van der Waals surface area contributed by atoms with Gasteiger partial charge in [-0.05, 0) is 55.4 Å². The van der Waals surface area contributed by atoms with Crippen molar-refractivity contribution in [1.82, 2.24) is 14.9 Å². The minimum absolute atomic E-state index is 0.00853. The quantitative estimate of drug-likeness (QED) is 0.445. The lowest BCUT2D eigenvalue weighted by Gasteiger charge is -2.29. The number of aromatic nitrogens is 2. The fourth-order valence-electron chi connectivity index (χ4n) is 4.70. The van der Waals surface area contributed by atoms with Crippen LogP contribution in [0.4, 0.5) is 16.4 Å². The van der Waals surface area contributed by atoms with Crippen LogP contribution >= 0.6 is 0 Å². The minimum Gasteiger partial charge on any atom is -0.385 e. The summed E-state index contributed by atoms with van der Waals surface area (Å²) in [6, 6.07) is 5.33. The smallest absolute Gasteiger partial charge is 0.328 e. The fraction of sp³-hybridized carbons (Fsp3) is 0.462. The first-order valence-corrected chi connectivity index (χ1v) is 12.2. The lowest BCUT2D eigenvalue weighted by molar-refractivity contribution is -0.131. The number of amides is 3. The molecule has 0 aliphatic carbocycles. The van der Waals surface area contributed by atoms with Gasteiger partial charge in [-0.15, -0.1) is 0 Å². The van der Waals surface area contributed by atoms with Gasteiger partial charge in [0, 0.05) is 51.0 Å². The van der Waals surface area contributed by atoms with Crippen molar-refractivity contribution in [3.05, 3.63) is 46.3 Å². The Hall–Kier alpha value is -3.84. The van der Waals surface area contributed by atoms with Gasteiger partial charge in [-0.3, -0.25) is 19.8 Å². The molecule has 0 radical (unpaired) electrons. The van der Waals surface area contributed by atoms with Gasteiger partial charge in [0.2, 0.25) is 5.91 Å². The predicted molar refractivity (Wildman–Crippen MR) is 133 cm³/mol. The van der Waals surface area contributed by atoms with Crippen molar-refractivity contribution in [2.24, 2.45) is 5.92 Å². The zero-order valence-electron chi connectivity index (χ0n) is 20.6. The molecule has 2 aromatic heterocycles. The Morgan fingerprint density at radius 3 is 2.86 bits per heavy atom. The summed E-state index contributed by atoms with van der Waals surface area (Å²) in [6.45, 7) is 3.93. The zero-order valence-corrected chi connectivity index (χ0v) is 20.6. The molecule has 0 aromatic carbocycles. The number of aryl methyl sites for hydroxylation is 2. The van der Waals surface area contributed by atoms with Gasteiger partial charge in [-0.2, -0.15) is 5.26 Å². The van der Waals surface area contributed by atoms with Crippen LogP contribution in [0.2, 0.25) is 0 Å². The highest BCUT2D eigenvalue weighted by atomic mass is 16.5. The number of anilines is 2. The summed E-state index contributed by atoms with van der Waals surface area (Å²) in [7, 11) is 1.62. The first-order valence-electron chi connectivity index (χ1n) is 12.2. The van der Waals surface area contributed by atoms with E-state index in [1.165, 1.54) is 11.1 Å². The van der Waals surface area contributed by atoms with E-state index in [0.717, 1.165) is 36.8 Å². The summed E-state index contributed by atoms with van der Waals surface area (Å²) in [4.78, 5) is 49.5. The number of pyridine rings is 2. The van der Waals surface area contributed by atoms with Gasteiger partial charge in [0.05, 0.1) is 5.56 Å². The molecule has 1 saturated heterocycles. The second kappa shape index (κ2) is 11.3. The lowest BCUT2D eigenvalue weighted by atomic mass is 10.0. The number of ether oxygens (including phenoxy) is 1. The number of likely N-dealkylation sites (tertiary alicyclic amines) is 1. The highest BCUT2D eigenvalue weighted by Gasteiger charge is 2.30. The number of hydrogen-bond acceptors (Lipinski definition) is 7. The van der Waals surface area contributed by atoms with Crippen molar-refractivity contribution >= 4 is 29.9 Å². The van der Waals surface area contributed by atoms with Crippen LogP contribution in [0.25, 0.3) is 0 Å². The summed E-state index contributed by atoms with van der Waals surface area (Å²) < 4.78 is 5.09. The third-order valence-corrected chi connectivity index (χ3v) is 6.70. The molecule has 2 aliphatic heterocycles. The Kier molecular flexibility index (Phi) is 7.90. The second-order valence-electron chi connectivity index (χ2n) is 9.20. The molecule has 4 heterocycles. The molecule has 10 nitrogen and oxygen atoms in total. The molecule has 4 rings (SSSR count). The van der Waals surface area contributed by atoms with Gasteiger partial charge >= 0.3 is 6.03 Å². The number of nitrogens with zero attached hydrogens (tertiary/aromatic N) is 5. The van der Waals surface area contributed by atoms with E-state index >= 15 is 0 Å². The van der Waals surface area contributed by atoms with Gasteiger partial charge in [0.15, 0.2) is 6.29 Å². The van der Waals surface area contributed by atoms with Crippen LogP contribution in [0.5, 0.6) is 0 Å². The van der Waals surface area contributed by atoms with E-state index in [1.54, 1.807) is 18.1 Å². The predicted octanol–water partition coefficient (Wildman–Crippen LogP) is 3.09. The molecule has 0 bridgehead atoms. The maximum atomic E-state index is 13.2. The topological polar surface area (TPSA) is 129 Å². The van der Waals surface area contributed by atoms with Crippen LogP contribution in [0.15, 0.2) is 18.3 Å². The molecular weight excluding hydrogens is 460 g/mol. The highest BCUT2D eigenvalue weighted by Crippen LogP contribution is 2.29. The zero-order chi connectivity index (χ0) is 25.7. The summed E-state index contributed by atoms with van der Waals surface area (Å²) in [6.07, 6.45) is 5.77. The van der Waals surface area contributed by atoms with E-state index < -0.39 is 6.03 Å². The third-order valence-electron chi connectivity index (χ3n) is 6.70. The average molecular weight is 491 g/mol. The molecule has 3 amide bonds. The van der Waals surface area contributed by atoms with Crippen LogP contribution in [0, 0.1) is 17.2 Å². The standard InChI is InChI=1S/C26H30N6O4/c1-17-7-9-31(25(17)34)15-20-11-19-5-3-8-32(24(19)29-22(20)16-33)26(35)30-23-12-18(6-4-10-36-2)21(13-27)14-28-23/h11-12,14,16-17H,3-10,15H2,1-2H3,(H,28,30,35)/t17-/m1/s1. The molecule has 0 unspecified atom stereocenters. The van der Waals surface area contributed by atoms with Crippen LogP contribution in [0.1, 0.15) is 58.9 Å². The number of carbonyl (C=O) groups excluding carboxylic acids is 3. The van der Waals surface area contributed by atoms with Gasteiger partial charge in [-0.1, -0.05) is 6.92 Å². The molecular formula is C26H30N6O4. The number of nitriles is 1. The lowest BCUT2D eigenvalue weighted by Crippen LogP contribution is -2.40. The largest absolute Gasteiger partial charge is 0.385 e. The van der Waals surface area contributed by atoms with Gasteiger partial charge < -0.3 is 9.64 Å². The highest BCUT2D eigenvalue weighted by molar-refractivity contribution is 6.01. The number of hydrogen-bond donors (Lipinski definition) is 1. The average Bonchev–Trinajstić information content (AvgIpc) is 3.20. The monoisotopic (exact) mass is 490 g/mol. The molecule has 1 fully saturated rings. The third kappa shape index (κ3) is 5.36. The number of methoxy groups -OCH3 is 1. The van der Waals surface area contributed by atoms with Crippen LogP contribution in [-0.4, -0.2) is 59.9 Å². The number of urea groups is 1. The normalized spacial score (nSPS) is 17.0. The van der Waals surface area contributed by atoms with Crippen molar-refractivity contribution in [1.29, 1.82) is 5.26 Å². The summed E-state index contributed by atoms with van der Waals surface area (Å²) in [5, 5.41) is 12.2. The van der Waals surface area contributed by atoms with Crippen LogP contribution in [-0.2, 0) is 28.9 Å². The first kappa shape index (κ1) is 25.3. The molecule has 188 valence electrons. The minimum atomic E-state index is -0.406. The van der Waals surface area contributed by atoms with Crippen molar-refractivity contribution in [3.8, 4) is 6.07 Å². The van der Waals surface area contributed by atoms with Crippen molar-refractivity contribution in [3.63, 3.8) is 0 Å². The molecule has 0 spiro atoms. The van der Waals surface area contributed by atoms with Crippen molar-refractivity contribution < 1.29 is 19.1 Å². The fourth-order valence-corrected chi connectivity index (χ4v) is 4.70. The maximum Gasteiger partial charge on any atom is 0.328 e. The Labute approximate surface area is 210 Å². The summed E-state index contributed by atoms with van der Waals surface area (Å²) in [5.41, 5.74) is 3.05. The number of carbonyl (C=O) groups is 3. The molecule has 2 aromatic rings. The Balaban J connectivity index is 1.54. The van der Waals surface area contributed by atoms with Gasteiger partial charge in [0.25, 0.3) is 0 Å². The van der Waals surface area contributed by atoms with Crippen molar-refractivity contribution in [2.45, 2.75) is 45.6 Å². The maximum absolute atomic E-state index is 13.2. The number of nitrogens with one attached hydrogen (secondary N) is 1. The second-order valence-corrected chi connectivity index (χ2v) is 9.20. The molecule has 0 saturated carbocycles. The molecule has 10 heteroatoms. The first-order chi connectivity index (χ1) is 17.4. The van der Waals surface area contributed by atoms with Crippen LogP contribution in [0.3, 0.4) is 0 Å². The Morgan fingerprint density at radius 2 is 2.17 bits per heavy atom. The van der Waals surface area contributed by atoms with E-state index in [0.29, 0.717) is 61.7 Å². The molecule has 1 atom stereocenters. The molecule has 1 N–H and O–H groups in total. The van der Waals surface area contributed by atoms with E-state index in [4.69, 9.17) is 4.74 Å². The van der Waals surface area contributed by atoms with Gasteiger partial charge in [0.1, 0.15) is 23.4 Å². The SMILES string of the molecule is COCCCc1cc(NC(=O)N2CCCc3cc(CN4CC[C@@H](C)C4=O)c(C=O)nc32)ncc1C#N. The van der Waals surface area contributed by atoms with E-state index in [2.05, 4.69) is 21.4 Å². The summed E-state index contributed by atoms with van der Waals surface area (Å²) >= 11 is 0. The van der Waals surface area contributed by atoms with E-state index in [1.807, 2.05) is 13.0 Å².